The second-order valence-electron chi connectivity index (χ2n) is 8.36. The van der Waals surface area contributed by atoms with Crippen LogP contribution >= 0.6 is 22.6 Å². The number of imide groups is 2. The Kier molecular flexibility index (Phi) is 8.99. The molecule has 0 spiro atoms. The van der Waals surface area contributed by atoms with Gasteiger partial charge >= 0.3 is 6.03 Å². The fraction of sp³-hybridized carbons (Fsp3) is 0.179. The van der Waals surface area contributed by atoms with Crippen LogP contribution in [0.1, 0.15) is 25.0 Å². The third-order valence-corrected chi connectivity index (χ3v) is 6.48. The molecular formula is C28H24IN3O8. The summed E-state index contributed by atoms with van der Waals surface area (Å²) in [6.07, 6.45) is 1.39. The first-order valence-electron chi connectivity index (χ1n) is 12.2. The van der Waals surface area contributed by atoms with Gasteiger partial charge in [0.15, 0.2) is 11.5 Å². The lowest BCUT2D eigenvalue weighted by Crippen LogP contribution is -2.54. The van der Waals surface area contributed by atoms with Crippen molar-refractivity contribution in [3.8, 4) is 17.2 Å². The Hall–Kier alpha value is -4.46. The van der Waals surface area contributed by atoms with Gasteiger partial charge in [-0.3, -0.25) is 25.0 Å². The van der Waals surface area contributed by atoms with E-state index >= 15 is 0 Å². The zero-order valence-corrected chi connectivity index (χ0v) is 23.7. The van der Waals surface area contributed by atoms with Gasteiger partial charge in [-0.1, -0.05) is 0 Å². The van der Waals surface area contributed by atoms with Gasteiger partial charge in [-0.25, -0.2) is 9.69 Å². The molecule has 11 nitrogen and oxygen atoms in total. The lowest BCUT2D eigenvalue weighted by Gasteiger charge is -2.26. The van der Waals surface area contributed by atoms with Crippen molar-refractivity contribution in [1.29, 1.82) is 0 Å². The largest absolute Gasteiger partial charge is 0.494 e. The van der Waals surface area contributed by atoms with Crippen molar-refractivity contribution < 1.29 is 33.5 Å². The summed E-state index contributed by atoms with van der Waals surface area (Å²) in [7, 11) is 0. The van der Waals surface area contributed by atoms with Gasteiger partial charge in [0.05, 0.1) is 27.4 Å². The van der Waals surface area contributed by atoms with Crippen LogP contribution in [0.2, 0.25) is 0 Å². The number of benzene rings is 3. The molecule has 0 aromatic heterocycles. The summed E-state index contributed by atoms with van der Waals surface area (Å²) in [5.41, 5.74) is 1.23. The quantitative estimate of drug-likeness (QED) is 0.103. The zero-order chi connectivity index (χ0) is 28.8. The van der Waals surface area contributed by atoms with Crippen LogP contribution in [0.3, 0.4) is 0 Å². The average molecular weight is 657 g/mol. The second-order valence-corrected chi connectivity index (χ2v) is 9.52. The minimum Gasteiger partial charge on any atom is -0.494 e. The van der Waals surface area contributed by atoms with Crippen molar-refractivity contribution in [2.45, 2.75) is 20.5 Å². The number of nitro groups is 1. The molecule has 1 aliphatic rings. The van der Waals surface area contributed by atoms with E-state index in [1.807, 2.05) is 6.92 Å². The van der Waals surface area contributed by atoms with Crippen LogP contribution in [0.15, 0.2) is 66.2 Å². The van der Waals surface area contributed by atoms with Gasteiger partial charge in [0.1, 0.15) is 17.9 Å². The van der Waals surface area contributed by atoms with Crippen LogP contribution in [0.25, 0.3) is 6.08 Å². The maximum absolute atomic E-state index is 13.3. The average Bonchev–Trinajstić information content (AvgIpc) is 2.92. The molecule has 0 aliphatic carbocycles. The Morgan fingerprint density at radius 2 is 1.62 bits per heavy atom. The summed E-state index contributed by atoms with van der Waals surface area (Å²) in [4.78, 5) is 49.8. The number of urea groups is 1. The SMILES string of the molecule is CCOc1ccc(N2C(=O)NC(=O)/C(=C/c3cc(I)c(OCc4ccc([N+](=O)[O-])cc4)c(OCC)c3)C2=O)cc1. The van der Waals surface area contributed by atoms with Crippen LogP contribution in [-0.2, 0) is 16.2 Å². The zero-order valence-electron chi connectivity index (χ0n) is 21.5. The molecule has 1 aliphatic heterocycles. The molecule has 1 saturated heterocycles. The lowest BCUT2D eigenvalue weighted by atomic mass is 10.1. The number of carbonyl (C=O) groups excluding carboxylic acids is 3. The molecule has 3 aromatic carbocycles. The minimum atomic E-state index is -0.851. The van der Waals surface area contributed by atoms with Crippen LogP contribution in [0.4, 0.5) is 16.2 Å². The smallest absolute Gasteiger partial charge is 0.335 e. The molecule has 0 radical (unpaired) electrons. The van der Waals surface area contributed by atoms with Crippen LogP contribution < -0.4 is 24.4 Å². The summed E-state index contributed by atoms with van der Waals surface area (Å²) in [5.74, 6) is -0.190. The predicted molar refractivity (Wildman–Crippen MR) is 154 cm³/mol. The Labute approximate surface area is 243 Å². The van der Waals surface area contributed by atoms with Crippen molar-refractivity contribution in [2.24, 2.45) is 0 Å². The number of anilines is 1. The molecule has 1 heterocycles. The molecule has 0 bridgehead atoms. The molecule has 3 aromatic rings. The van der Waals surface area contributed by atoms with Gasteiger partial charge in [-0.15, -0.1) is 0 Å². The van der Waals surface area contributed by atoms with E-state index in [9.17, 15) is 24.5 Å². The number of ether oxygens (including phenoxy) is 3. The molecule has 0 atom stereocenters. The number of hydrogen-bond donors (Lipinski definition) is 1. The van der Waals surface area contributed by atoms with Gasteiger partial charge in [-0.05, 0) is 102 Å². The maximum Gasteiger partial charge on any atom is 0.335 e. The monoisotopic (exact) mass is 657 g/mol. The highest BCUT2D eigenvalue weighted by atomic mass is 127. The van der Waals surface area contributed by atoms with E-state index < -0.39 is 22.8 Å². The van der Waals surface area contributed by atoms with Gasteiger partial charge < -0.3 is 14.2 Å². The van der Waals surface area contributed by atoms with Crippen molar-refractivity contribution in [3.05, 3.63) is 91.0 Å². The second kappa shape index (κ2) is 12.6. The van der Waals surface area contributed by atoms with E-state index in [-0.39, 0.29) is 23.6 Å². The number of halogens is 1. The van der Waals surface area contributed by atoms with Crippen LogP contribution in [0.5, 0.6) is 17.2 Å². The maximum atomic E-state index is 13.3. The fourth-order valence-electron chi connectivity index (χ4n) is 3.86. The number of nitrogens with zero attached hydrogens (tertiary/aromatic N) is 2. The molecule has 4 amide bonds. The number of nitrogens with one attached hydrogen (secondary N) is 1. The molecule has 206 valence electrons. The predicted octanol–water partition coefficient (Wildman–Crippen LogP) is 5.24. The number of non-ortho nitro benzene ring substituents is 1. The molecule has 1 N–H and O–H groups in total. The first-order valence-corrected chi connectivity index (χ1v) is 13.3. The Bertz CT molecular complexity index is 1490. The van der Waals surface area contributed by atoms with Crippen molar-refractivity contribution >= 4 is 57.9 Å². The third kappa shape index (κ3) is 6.39. The summed E-state index contributed by atoms with van der Waals surface area (Å²) in [6.45, 7) is 4.57. The topological polar surface area (TPSA) is 137 Å². The number of barbiturate groups is 1. The highest BCUT2D eigenvalue weighted by Gasteiger charge is 2.37. The minimum absolute atomic E-state index is 0.0187. The highest BCUT2D eigenvalue weighted by molar-refractivity contribution is 14.1. The van der Waals surface area contributed by atoms with E-state index in [2.05, 4.69) is 27.9 Å². The number of amides is 4. The summed E-state index contributed by atoms with van der Waals surface area (Å²) >= 11 is 2.05. The first kappa shape index (κ1) is 28.5. The molecule has 0 unspecified atom stereocenters. The van der Waals surface area contributed by atoms with E-state index in [1.54, 1.807) is 55.5 Å². The normalized spacial score (nSPS) is 14.2. The molecular weight excluding hydrogens is 633 g/mol. The van der Waals surface area contributed by atoms with Crippen LogP contribution in [-0.4, -0.2) is 36.0 Å². The Morgan fingerprint density at radius 1 is 0.950 bits per heavy atom. The van der Waals surface area contributed by atoms with Crippen molar-refractivity contribution in [3.63, 3.8) is 0 Å². The fourth-order valence-corrected chi connectivity index (χ4v) is 4.64. The van der Waals surface area contributed by atoms with E-state index in [1.165, 1.54) is 18.2 Å². The Morgan fingerprint density at radius 3 is 2.25 bits per heavy atom. The first-order chi connectivity index (χ1) is 19.2. The van der Waals surface area contributed by atoms with Gasteiger partial charge in [0.2, 0.25) is 0 Å². The van der Waals surface area contributed by atoms with Crippen LogP contribution in [0, 0.1) is 13.7 Å². The number of hydrogen-bond acceptors (Lipinski definition) is 8. The summed E-state index contributed by atoms with van der Waals surface area (Å²) < 4.78 is 17.8. The molecule has 40 heavy (non-hydrogen) atoms. The molecule has 1 fully saturated rings. The number of nitro benzene ring substituents is 1. The van der Waals surface area contributed by atoms with Gasteiger partial charge in [0, 0.05) is 12.1 Å². The summed E-state index contributed by atoms with van der Waals surface area (Å²) in [6, 6.07) is 14.9. The molecule has 12 heteroatoms. The van der Waals surface area contributed by atoms with Gasteiger partial charge in [0.25, 0.3) is 17.5 Å². The van der Waals surface area contributed by atoms with Crippen molar-refractivity contribution in [1.82, 2.24) is 5.32 Å². The summed E-state index contributed by atoms with van der Waals surface area (Å²) in [5, 5.41) is 13.1. The van der Waals surface area contributed by atoms with E-state index in [0.717, 1.165) is 10.5 Å². The Balaban J connectivity index is 1.61. The lowest BCUT2D eigenvalue weighted by molar-refractivity contribution is -0.384. The molecule has 4 rings (SSSR count). The van der Waals surface area contributed by atoms with E-state index in [4.69, 9.17) is 14.2 Å². The number of carbonyl (C=O) groups is 3. The van der Waals surface area contributed by atoms with Crippen molar-refractivity contribution in [2.75, 3.05) is 18.1 Å². The third-order valence-electron chi connectivity index (χ3n) is 5.68. The standard InChI is InChI=1S/C28H24IN3O8/c1-3-38-21-11-9-19(10-12-21)31-27(34)22(26(33)30-28(31)35)13-18-14-23(29)25(24(15-18)39-4-2)40-16-17-5-7-20(8-6-17)32(36)37/h5-15H,3-4,16H2,1-2H3,(H,30,33,35)/b22-13-. The molecule has 0 saturated carbocycles. The van der Waals surface area contributed by atoms with E-state index in [0.29, 0.717) is 39.6 Å². The van der Waals surface area contributed by atoms with Gasteiger partial charge in [-0.2, -0.15) is 0 Å². The highest BCUT2D eigenvalue weighted by Crippen LogP contribution is 2.36. The number of rotatable bonds is 10.